The van der Waals surface area contributed by atoms with E-state index in [9.17, 15) is 4.79 Å². The van der Waals surface area contributed by atoms with Gasteiger partial charge in [-0.25, -0.2) is 0 Å². The molecule has 1 aromatic heterocycles. The molecule has 0 saturated heterocycles. The van der Waals surface area contributed by atoms with Gasteiger partial charge in [-0.2, -0.15) is 0 Å². The summed E-state index contributed by atoms with van der Waals surface area (Å²) in [4.78, 5) is 12.0. The summed E-state index contributed by atoms with van der Waals surface area (Å²) in [5.41, 5.74) is 1.09. The van der Waals surface area contributed by atoms with Gasteiger partial charge in [0, 0.05) is 19.0 Å². The SMILES string of the molecule is C=CCn1c(SCC(=O)NCc2ccccc2)nnc1C(C)C. The van der Waals surface area contributed by atoms with Gasteiger partial charge in [-0.15, -0.1) is 16.8 Å². The molecule has 1 amide bonds. The monoisotopic (exact) mass is 330 g/mol. The van der Waals surface area contributed by atoms with E-state index in [1.165, 1.54) is 11.8 Å². The minimum atomic E-state index is -0.0156. The highest BCUT2D eigenvalue weighted by molar-refractivity contribution is 7.99. The van der Waals surface area contributed by atoms with E-state index in [1.54, 1.807) is 0 Å². The molecule has 0 aliphatic heterocycles. The van der Waals surface area contributed by atoms with Gasteiger partial charge in [-0.1, -0.05) is 62.0 Å². The fourth-order valence-corrected chi connectivity index (χ4v) is 2.90. The largest absolute Gasteiger partial charge is 0.351 e. The fourth-order valence-electron chi connectivity index (χ4n) is 2.11. The molecule has 23 heavy (non-hydrogen) atoms. The molecule has 1 N–H and O–H groups in total. The molecule has 0 radical (unpaired) electrons. The van der Waals surface area contributed by atoms with Crippen molar-refractivity contribution in [3.05, 3.63) is 54.4 Å². The molecule has 0 aliphatic carbocycles. The third-order valence-electron chi connectivity index (χ3n) is 3.24. The molecule has 6 heteroatoms. The van der Waals surface area contributed by atoms with Crippen LogP contribution in [0.1, 0.15) is 31.2 Å². The zero-order valence-corrected chi connectivity index (χ0v) is 14.3. The molecule has 0 spiro atoms. The number of amides is 1. The topological polar surface area (TPSA) is 59.8 Å². The second kappa shape index (κ2) is 8.53. The Morgan fingerprint density at radius 3 is 2.74 bits per heavy atom. The standard InChI is InChI=1S/C17H22N4OS/c1-4-10-21-16(13(2)3)19-20-17(21)23-12-15(22)18-11-14-8-6-5-7-9-14/h4-9,13H,1,10-12H2,2-3H3,(H,18,22). The Balaban J connectivity index is 1.90. The quantitative estimate of drug-likeness (QED) is 0.597. The van der Waals surface area contributed by atoms with E-state index in [2.05, 4.69) is 35.9 Å². The highest BCUT2D eigenvalue weighted by atomic mass is 32.2. The number of hydrogen-bond acceptors (Lipinski definition) is 4. The van der Waals surface area contributed by atoms with Crippen LogP contribution in [0.15, 0.2) is 48.1 Å². The first-order valence-corrected chi connectivity index (χ1v) is 8.57. The third kappa shape index (κ3) is 4.96. The number of hydrogen-bond donors (Lipinski definition) is 1. The maximum atomic E-state index is 12.0. The van der Waals surface area contributed by atoms with E-state index in [4.69, 9.17) is 0 Å². The lowest BCUT2D eigenvalue weighted by Gasteiger charge is -2.09. The molecule has 122 valence electrons. The van der Waals surface area contributed by atoms with Crippen LogP contribution in [0, 0.1) is 0 Å². The number of benzene rings is 1. The fraction of sp³-hybridized carbons (Fsp3) is 0.353. The smallest absolute Gasteiger partial charge is 0.230 e. The maximum Gasteiger partial charge on any atom is 0.230 e. The van der Waals surface area contributed by atoms with Gasteiger partial charge >= 0.3 is 0 Å². The summed E-state index contributed by atoms with van der Waals surface area (Å²) in [7, 11) is 0. The molecule has 5 nitrogen and oxygen atoms in total. The minimum absolute atomic E-state index is 0.0156. The van der Waals surface area contributed by atoms with E-state index in [1.807, 2.05) is 41.0 Å². The second-order valence-electron chi connectivity index (χ2n) is 5.45. The van der Waals surface area contributed by atoms with E-state index < -0.39 is 0 Å². The number of thioether (sulfide) groups is 1. The van der Waals surface area contributed by atoms with Crippen LogP contribution in [0.25, 0.3) is 0 Å². The summed E-state index contributed by atoms with van der Waals surface area (Å²) in [5, 5.41) is 12.1. The molecule has 1 heterocycles. The van der Waals surface area contributed by atoms with E-state index in [0.29, 0.717) is 18.8 Å². The van der Waals surface area contributed by atoms with Crippen molar-refractivity contribution in [2.75, 3.05) is 5.75 Å². The summed E-state index contributed by atoms with van der Waals surface area (Å²) in [6.45, 7) is 9.10. The summed E-state index contributed by atoms with van der Waals surface area (Å²) >= 11 is 1.40. The maximum absolute atomic E-state index is 12.0. The van der Waals surface area contributed by atoms with Gasteiger partial charge in [0.15, 0.2) is 5.16 Å². The van der Waals surface area contributed by atoms with Gasteiger partial charge in [0.25, 0.3) is 0 Å². The van der Waals surface area contributed by atoms with Crippen LogP contribution in [0.4, 0.5) is 0 Å². The first-order chi connectivity index (χ1) is 11.1. The van der Waals surface area contributed by atoms with E-state index in [0.717, 1.165) is 16.5 Å². The van der Waals surface area contributed by atoms with Crippen molar-refractivity contribution in [1.82, 2.24) is 20.1 Å². The van der Waals surface area contributed by atoms with Crippen molar-refractivity contribution in [3.63, 3.8) is 0 Å². The van der Waals surface area contributed by atoms with Crippen LogP contribution in [0.2, 0.25) is 0 Å². The number of nitrogens with one attached hydrogen (secondary N) is 1. The number of rotatable bonds is 8. The molecule has 1 aromatic carbocycles. The van der Waals surface area contributed by atoms with Crippen LogP contribution >= 0.6 is 11.8 Å². The van der Waals surface area contributed by atoms with Gasteiger partial charge in [0.1, 0.15) is 5.82 Å². The lowest BCUT2D eigenvalue weighted by atomic mass is 10.2. The van der Waals surface area contributed by atoms with Crippen molar-refractivity contribution >= 4 is 17.7 Å². The summed E-state index contributed by atoms with van der Waals surface area (Å²) in [6.07, 6.45) is 1.81. The molecule has 0 fully saturated rings. The zero-order valence-electron chi connectivity index (χ0n) is 13.5. The van der Waals surface area contributed by atoms with Crippen molar-refractivity contribution < 1.29 is 4.79 Å². The Bertz CT molecular complexity index is 652. The predicted molar refractivity (Wildman–Crippen MR) is 93.3 cm³/mol. The Labute approximate surface area is 141 Å². The predicted octanol–water partition coefficient (Wildman–Crippen LogP) is 3.00. The molecular weight excluding hydrogens is 308 g/mol. The average molecular weight is 330 g/mol. The summed E-state index contributed by atoms with van der Waals surface area (Å²) < 4.78 is 2.01. The number of nitrogens with zero attached hydrogens (tertiary/aromatic N) is 3. The molecule has 0 aliphatic rings. The van der Waals surface area contributed by atoms with Crippen molar-refractivity contribution in [3.8, 4) is 0 Å². The molecule has 2 aromatic rings. The first kappa shape index (κ1) is 17.3. The highest BCUT2D eigenvalue weighted by Crippen LogP contribution is 2.21. The van der Waals surface area contributed by atoms with Crippen molar-refractivity contribution in [2.45, 2.75) is 38.0 Å². The molecule has 0 atom stereocenters. The van der Waals surface area contributed by atoms with Crippen LogP contribution < -0.4 is 5.32 Å². The first-order valence-electron chi connectivity index (χ1n) is 7.59. The third-order valence-corrected chi connectivity index (χ3v) is 4.21. The highest BCUT2D eigenvalue weighted by Gasteiger charge is 2.15. The molecule has 0 bridgehead atoms. The minimum Gasteiger partial charge on any atom is -0.351 e. The van der Waals surface area contributed by atoms with Crippen LogP contribution in [0.5, 0.6) is 0 Å². The molecule has 0 saturated carbocycles. The summed E-state index contributed by atoms with van der Waals surface area (Å²) in [6, 6.07) is 9.86. The van der Waals surface area contributed by atoms with Gasteiger partial charge in [-0.05, 0) is 5.56 Å². The van der Waals surface area contributed by atoms with Crippen LogP contribution in [-0.4, -0.2) is 26.4 Å². The zero-order chi connectivity index (χ0) is 16.7. The normalized spacial score (nSPS) is 10.7. The number of allylic oxidation sites excluding steroid dienone is 1. The Morgan fingerprint density at radius 1 is 1.35 bits per heavy atom. The average Bonchev–Trinajstić information content (AvgIpc) is 2.95. The number of carbonyl (C=O) groups is 1. The van der Waals surface area contributed by atoms with Gasteiger partial charge in [0.2, 0.25) is 5.91 Å². The lowest BCUT2D eigenvalue weighted by molar-refractivity contribution is -0.118. The van der Waals surface area contributed by atoms with Crippen molar-refractivity contribution in [2.24, 2.45) is 0 Å². The molecule has 0 unspecified atom stereocenters. The van der Waals surface area contributed by atoms with E-state index >= 15 is 0 Å². The Morgan fingerprint density at radius 2 is 2.09 bits per heavy atom. The molecular formula is C17H22N4OS. The second-order valence-corrected chi connectivity index (χ2v) is 6.39. The van der Waals surface area contributed by atoms with Crippen molar-refractivity contribution in [1.29, 1.82) is 0 Å². The van der Waals surface area contributed by atoms with Crippen LogP contribution in [-0.2, 0) is 17.9 Å². The van der Waals surface area contributed by atoms with Gasteiger partial charge in [0.05, 0.1) is 5.75 Å². The van der Waals surface area contributed by atoms with Gasteiger partial charge < -0.3 is 9.88 Å². The van der Waals surface area contributed by atoms with Gasteiger partial charge in [-0.3, -0.25) is 4.79 Å². The summed E-state index contributed by atoms with van der Waals surface area (Å²) in [5.74, 6) is 1.50. The van der Waals surface area contributed by atoms with Crippen LogP contribution in [0.3, 0.4) is 0 Å². The number of aromatic nitrogens is 3. The Kier molecular flexibility index (Phi) is 6.40. The number of carbonyl (C=O) groups excluding carboxylic acids is 1. The van der Waals surface area contributed by atoms with E-state index in [-0.39, 0.29) is 11.8 Å². The Hall–Kier alpha value is -2.08. The lowest BCUT2D eigenvalue weighted by Crippen LogP contribution is -2.24. The molecule has 2 rings (SSSR count).